The van der Waals surface area contributed by atoms with Crippen molar-refractivity contribution >= 4 is 16.0 Å². The lowest BCUT2D eigenvalue weighted by Crippen LogP contribution is -2.28. The largest absolute Gasteiger partial charge is 0.481 e. The summed E-state index contributed by atoms with van der Waals surface area (Å²) in [5, 5.41) is 8.27. The van der Waals surface area contributed by atoms with Crippen LogP contribution in [0.3, 0.4) is 0 Å². The molecule has 0 heterocycles. The van der Waals surface area contributed by atoms with E-state index in [1.165, 1.54) is 0 Å². The number of terminal acetylenes is 1. The van der Waals surface area contributed by atoms with Crippen molar-refractivity contribution in [1.29, 1.82) is 0 Å². The van der Waals surface area contributed by atoms with Gasteiger partial charge in [-0.05, 0) is 6.42 Å². The van der Waals surface area contributed by atoms with E-state index < -0.39 is 21.7 Å². The Labute approximate surface area is 83.6 Å². The zero-order valence-corrected chi connectivity index (χ0v) is 8.51. The third kappa shape index (κ3) is 7.58. The van der Waals surface area contributed by atoms with Gasteiger partial charge in [0.05, 0.1) is 12.2 Å². The summed E-state index contributed by atoms with van der Waals surface area (Å²) in [7, 11) is -3.46. The molecule has 0 radical (unpaired) electrons. The Hall–Kier alpha value is -1.06. The maximum absolute atomic E-state index is 11.1. The minimum atomic E-state index is -3.46. The molecule has 0 unspecified atom stereocenters. The van der Waals surface area contributed by atoms with Crippen molar-refractivity contribution in [3.8, 4) is 12.3 Å². The first-order valence-electron chi connectivity index (χ1n) is 4.10. The Morgan fingerprint density at radius 3 is 2.64 bits per heavy atom. The Balaban J connectivity index is 3.74. The molecule has 0 aliphatic rings. The average Bonchev–Trinajstić information content (AvgIpc) is 2.10. The summed E-state index contributed by atoms with van der Waals surface area (Å²) in [5.41, 5.74) is 0. The van der Waals surface area contributed by atoms with Crippen LogP contribution >= 0.6 is 0 Å². The van der Waals surface area contributed by atoms with Gasteiger partial charge >= 0.3 is 5.97 Å². The second-order valence-electron chi connectivity index (χ2n) is 2.66. The molecule has 0 spiro atoms. The summed E-state index contributed by atoms with van der Waals surface area (Å²) in [6.07, 6.45) is 5.65. The number of sulfonamides is 1. The van der Waals surface area contributed by atoms with Crippen LogP contribution in [0, 0.1) is 12.3 Å². The highest BCUT2D eigenvalue weighted by molar-refractivity contribution is 7.89. The predicted molar refractivity (Wildman–Crippen MR) is 52.1 cm³/mol. The van der Waals surface area contributed by atoms with Gasteiger partial charge in [-0.1, -0.05) is 0 Å². The number of carboxylic acid groups (broad SMARTS) is 1. The van der Waals surface area contributed by atoms with Gasteiger partial charge in [0, 0.05) is 13.0 Å². The van der Waals surface area contributed by atoms with E-state index in [2.05, 4.69) is 10.6 Å². The molecular weight excluding hydrogens is 206 g/mol. The van der Waals surface area contributed by atoms with Gasteiger partial charge in [-0.2, -0.15) is 0 Å². The lowest BCUT2D eigenvalue weighted by atomic mass is 10.3. The van der Waals surface area contributed by atoms with E-state index in [9.17, 15) is 13.2 Å². The number of carboxylic acids is 1. The first-order valence-corrected chi connectivity index (χ1v) is 5.76. The van der Waals surface area contributed by atoms with Crippen LogP contribution in [0.5, 0.6) is 0 Å². The van der Waals surface area contributed by atoms with Crippen LogP contribution in [-0.2, 0) is 14.8 Å². The summed E-state index contributed by atoms with van der Waals surface area (Å²) < 4.78 is 24.4. The van der Waals surface area contributed by atoms with Crippen LogP contribution in [0.15, 0.2) is 0 Å². The fraction of sp³-hybridized carbons (Fsp3) is 0.625. The molecule has 14 heavy (non-hydrogen) atoms. The van der Waals surface area contributed by atoms with E-state index in [0.29, 0.717) is 12.8 Å². The minimum Gasteiger partial charge on any atom is -0.481 e. The number of rotatable bonds is 7. The van der Waals surface area contributed by atoms with Crippen molar-refractivity contribution in [1.82, 2.24) is 4.72 Å². The molecule has 0 aliphatic carbocycles. The number of nitrogens with one attached hydrogen (secondary N) is 1. The summed E-state index contributed by atoms with van der Waals surface area (Å²) in [6.45, 7) is 0.256. The van der Waals surface area contributed by atoms with Crippen LogP contribution in [-0.4, -0.2) is 31.8 Å². The Morgan fingerprint density at radius 1 is 1.50 bits per heavy atom. The number of hydrogen-bond acceptors (Lipinski definition) is 3. The number of hydrogen-bond donors (Lipinski definition) is 2. The smallest absolute Gasteiger partial charge is 0.304 e. The SMILES string of the molecule is C#CCCCNS(=O)(=O)CCC(=O)O. The quantitative estimate of drug-likeness (QED) is 0.458. The van der Waals surface area contributed by atoms with Crippen LogP contribution in [0.25, 0.3) is 0 Å². The first-order chi connectivity index (χ1) is 6.48. The summed E-state index contributed by atoms with van der Waals surface area (Å²) in [5.74, 6) is 0.859. The van der Waals surface area contributed by atoms with Crippen molar-refractivity contribution in [3.05, 3.63) is 0 Å². The van der Waals surface area contributed by atoms with E-state index in [1.807, 2.05) is 0 Å². The summed E-state index contributed by atoms with van der Waals surface area (Å²) in [4.78, 5) is 10.1. The van der Waals surface area contributed by atoms with Crippen molar-refractivity contribution in [2.45, 2.75) is 19.3 Å². The monoisotopic (exact) mass is 219 g/mol. The van der Waals surface area contributed by atoms with Gasteiger partial charge in [-0.15, -0.1) is 12.3 Å². The van der Waals surface area contributed by atoms with Crippen LogP contribution in [0.1, 0.15) is 19.3 Å². The molecule has 5 nitrogen and oxygen atoms in total. The van der Waals surface area contributed by atoms with Gasteiger partial charge in [0.25, 0.3) is 0 Å². The Morgan fingerprint density at radius 2 is 2.14 bits per heavy atom. The molecule has 0 fully saturated rings. The molecular formula is C8H13NO4S. The van der Waals surface area contributed by atoms with Gasteiger partial charge in [-0.25, -0.2) is 13.1 Å². The summed E-state index contributed by atoms with van der Waals surface area (Å²) in [6, 6.07) is 0. The van der Waals surface area contributed by atoms with E-state index in [0.717, 1.165) is 0 Å². The third-order valence-electron chi connectivity index (χ3n) is 1.40. The molecule has 0 bridgehead atoms. The molecule has 6 heteroatoms. The van der Waals surface area contributed by atoms with Gasteiger partial charge in [0.15, 0.2) is 0 Å². The molecule has 0 aromatic heterocycles. The molecule has 0 aromatic rings. The standard InChI is InChI=1S/C8H13NO4S/c1-2-3-4-6-9-14(12,13)7-5-8(10)11/h1,9H,3-7H2,(H,10,11). The molecule has 80 valence electrons. The Bertz CT molecular complexity index is 315. The van der Waals surface area contributed by atoms with E-state index in [4.69, 9.17) is 11.5 Å². The first kappa shape index (κ1) is 12.9. The van der Waals surface area contributed by atoms with Crippen molar-refractivity contribution in [2.24, 2.45) is 0 Å². The highest BCUT2D eigenvalue weighted by Crippen LogP contribution is 1.91. The molecule has 0 atom stereocenters. The third-order valence-corrected chi connectivity index (χ3v) is 2.79. The fourth-order valence-corrected chi connectivity index (χ4v) is 1.75. The topological polar surface area (TPSA) is 83.5 Å². The number of aliphatic carboxylic acids is 1. The zero-order valence-electron chi connectivity index (χ0n) is 7.69. The molecule has 0 aliphatic heterocycles. The Kier molecular flexibility index (Phi) is 5.92. The molecule has 0 saturated heterocycles. The van der Waals surface area contributed by atoms with Crippen LogP contribution < -0.4 is 4.72 Å². The highest BCUT2D eigenvalue weighted by atomic mass is 32.2. The van der Waals surface area contributed by atoms with Crippen molar-refractivity contribution in [2.75, 3.05) is 12.3 Å². The number of carbonyl (C=O) groups is 1. The van der Waals surface area contributed by atoms with Crippen LogP contribution in [0.2, 0.25) is 0 Å². The predicted octanol–water partition coefficient (Wildman–Crippen LogP) is -0.206. The van der Waals surface area contributed by atoms with E-state index in [1.54, 1.807) is 0 Å². The molecule has 2 N–H and O–H groups in total. The van der Waals surface area contributed by atoms with Crippen LogP contribution in [0.4, 0.5) is 0 Å². The second kappa shape index (κ2) is 6.40. The minimum absolute atomic E-state index is 0.256. The lowest BCUT2D eigenvalue weighted by Gasteiger charge is -2.03. The maximum atomic E-state index is 11.1. The van der Waals surface area contributed by atoms with Crippen molar-refractivity contribution in [3.63, 3.8) is 0 Å². The van der Waals surface area contributed by atoms with Crippen molar-refractivity contribution < 1.29 is 18.3 Å². The van der Waals surface area contributed by atoms with Gasteiger partial charge in [0.2, 0.25) is 10.0 Å². The van der Waals surface area contributed by atoms with E-state index >= 15 is 0 Å². The zero-order chi connectivity index (χ0) is 11.0. The summed E-state index contributed by atoms with van der Waals surface area (Å²) >= 11 is 0. The molecule has 0 saturated carbocycles. The number of unbranched alkanes of at least 4 members (excludes halogenated alkanes) is 1. The second-order valence-corrected chi connectivity index (χ2v) is 4.59. The fourth-order valence-electron chi connectivity index (χ4n) is 0.712. The van der Waals surface area contributed by atoms with Gasteiger partial charge < -0.3 is 5.11 Å². The molecule has 0 rings (SSSR count). The average molecular weight is 219 g/mol. The van der Waals surface area contributed by atoms with E-state index in [-0.39, 0.29) is 13.0 Å². The van der Waals surface area contributed by atoms with Gasteiger partial charge in [0.1, 0.15) is 0 Å². The highest BCUT2D eigenvalue weighted by Gasteiger charge is 2.11. The molecule has 0 amide bonds. The normalized spacial score (nSPS) is 10.8. The lowest BCUT2D eigenvalue weighted by molar-refractivity contribution is -0.136. The maximum Gasteiger partial charge on any atom is 0.304 e. The van der Waals surface area contributed by atoms with Gasteiger partial charge in [-0.3, -0.25) is 4.79 Å². The molecule has 0 aromatic carbocycles.